The van der Waals surface area contributed by atoms with Crippen LogP contribution in [0, 0.1) is 10.1 Å². The summed E-state index contributed by atoms with van der Waals surface area (Å²) in [7, 11) is 0. The van der Waals surface area contributed by atoms with E-state index in [4.69, 9.17) is 0 Å². The highest BCUT2D eigenvalue weighted by Crippen LogP contribution is 2.36. The minimum Gasteiger partial charge on any atom is -0.284 e. The van der Waals surface area contributed by atoms with Crippen molar-refractivity contribution in [2.45, 2.75) is 19.1 Å². The number of benzene rings is 3. The maximum Gasteiger partial charge on any atom is 0.269 e. The topological polar surface area (TPSA) is 46.4 Å². The Kier molecular flexibility index (Phi) is 4.04. The molecule has 3 aromatic rings. The molecule has 124 valence electrons. The first kappa shape index (κ1) is 15.5. The molecule has 25 heavy (non-hydrogen) atoms. The van der Waals surface area contributed by atoms with Gasteiger partial charge in [-0.2, -0.15) is 0 Å². The molecule has 3 aromatic carbocycles. The molecule has 0 spiro atoms. The number of nitrogens with zero attached hydrogens (tertiary/aromatic N) is 2. The molecule has 0 saturated carbocycles. The van der Waals surface area contributed by atoms with Gasteiger partial charge in [0.25, 0.3) is 5.69 Å². The summed E-state index contributed by atoms with van der Waals surface area (Å²) >= 11 is 0. The Morgan fingerprint density at radius 2 is 1.36 bits per heavy atom. The number of non-ortho nitro benzene ring substituents is 1. The second kappa shape index (κ2) is 6.49. The molecule has 0 aliphatic carbocycles. The maximum atomic E-state index is 11.1. The summed E-state index contributed by atoms with van der Waals surface area (Å²) in [6, 6.07) is 26.2. The molecule has 4 nitrogen and oxygen atoms in total. The second-order valence-electron chi connectivity index (χ2n) is 6.34. The molecule has 0 atom stereocenters. The van der Waals surface area contributed by atoms with E-state index in [1.165, 1.54) is 16.7 Å². The number of hydrogen-bond donors (Lipinski definition) is 0. The SMILES string of the molecule is O=[N+]([O-])c1ccc2c(c1)CN(C(c1ccccc1)c1ccccc1)C2. The average molecular weight is 330 g/mol. The lowest BCUT2D eigenvalue weighted by molar-refractivity contribution is -0.384. The summed E-state index contributed by atoms with van der Waals surface area (Å²) in [6.45, 7) is 1.51. The van der Waals surface area contributed by atoms with E-state index < -0.39 is 0 Å². The molecule has 1 aliphatic rings. The molecule has 0 radical (unpaired) electrons. The van der Waals surface area contributed by atoms with Crippen LogP contribution in [-0.4, -0.2) is 9.82 Å². The summed E-state index contributed by atoms with van der Waals surface area (Å²) in [5, 5.41) is 11.1. The zero-order valence-corrected chi connectivity index (χ0v) is 13.7. The van der Waals surface area contributed by atoms with E-state index in [0.29, 0.717) is 6.54 Å². The summed E-state index contributed by atoms with van der Waals surface area (Å²) in [5.74, 6) is 0. The average Bonchev–Trinajstić information content (AvgIpc) is 3.06. The van der Waals surface area contributed by atoms with Gasteiger partial charge in [0.1, 0.15) is 0 Å². The number of fused-ring (bicyclic) bond motifs is 1. The number of rotatable bonds is 4. The van der Waals surface area contributed by atoms with Gasteiger partial charge in [0, 0.05) is 25.2 Å². The van der Waals surface area contributed by atoms with E-state index in [-0.39, 0.29) is 16.7 Å². The fourth-order valence-corrected chi connectivity index (χ4v) is 3.59. The van der Waals surface area contributed by atoms with Gasteiger partial charge in [-0.3, -0.25) is 15.0 Å². The van der Waals surface area contributed by atoms with Crippen molar-refractivity contribution in [2.75, 3.05) is 0 Å². The molecule has 0 amide bonds. The van der Waals surface area contributed by atoms with Crippen LogP contribution in [0.15, 0.2) is 78.9 Å². The van der Waals surface area contributed by atoms with Crippen LogP contribution in [0.2, 0.25) is 0 Å². The van der Waals surface area contributed by atoms with E-state index in [1.54, 1.807) is 12.1 Å². The van der Waals surface area contributed by atoms with Gasteiger partial charge >= 0.3 is 0 Å². The Morgan fingerprint density at radius 3 is 1.92 bits per heavy atom. The van der Waals surface area contributed by atoms with Crippen LogP contribution < -0.4 is 0 Å². The van der Waals surface area contributed by atoms with Crippen molar-refractivity contribution in [1.82, 2.24) is 4.90 Å². The molecule has 1 aliphatic heterocycles. The lowest BCUT2D eigenvalue weighted by Crippen LogP contribution is -2.24. The number of nitro benzene ring substituents is 1. The van der Waals surface area contributed by atoms with Crippen molar-refractivity contribution in [1.29, 1.82) is 0 Å². The molecular formula is C21H18N2O2. The third-order valence-corrected chi connectivity index (χ3v) is 4.74. The van der Waals surface area contributed by atoms with Crippen molar-refractivity contribution < 1.29 is 4.92 Å². The van der Waals surface area contributed by atoms with Crippen molar-refractivity contribution in [3.8, 4) is 0 Å². The van der Waals surface area contributed by atoms with Crippen LogP contribution >= 0.6 is 0 Å². The maximum absolute atomic E-state index is 11.1. The zero-order valence-electron chi connectivity index (χ0n) is 13.7. The molecule has 0 fully saturated rings. The van der Waals surface area contributed by atoms with Crippen LogP contribution in [0.4, 0.5) is 5.69 Å². The van der Waals surface area contributed by atoms with E-state index in [9.17, 15) is 10.1 Å². The normalized spacial score (nSPS) is 13.8. The Labute approximate surface area is 146 Å². The zero-order chi connectivity index (χ0) is 17.2. The van der Waals surface area contributed by atoms with Crippen LogP contribution in [-0.2, 0) is 13.1 Å². The minimum absolute atomic E-state index is 0.133. The highest BCUT2D eigenvalue weighted by molar-refractivity contribution is 5.43. The molecule has 4 rings (SSSR count). The third kappa shape index (κ3) is 3.04. The lowest BCUT2D eigenvalue weighted by Gasteiger charge is -2.28. The Bertz CT molecular complexity index is 855. The van der Waals surface area contributed by atoms with E-state index >= 15 is 0 Å². The number of nitro groups is 1. The van der Waals surface area contributed by atoms with Gasteiger partial charge in [0.2, 0.25) is 0 Å². The van der Waals surface area contributed by atoms with Gasteiger partial charge in [-0.05, 0) is 22.3 Å². The monoisotopic (exact) mass is 330 g/mol. The van der Waals surface area contributed by atoms with Gasteiger partial charge in [-0.15, -0.1) is 0 Å². The molecule has 0 N–H and O–H groups in total. The van der Waals surface area contributed by atoms with Gasteiger partial charge in [-0.25, -0.2) is 0 Å². The summed E-state index contributed by atoms with van der Waals surface area (Å²) in [6.07, 6.45) is 0. The van der Waals surface area contributed by atoms with Crippen molar-refractivity contribution in [3.63, 3.8) is 0 Å². The van der Waals surface area contributed by atoms with Crippen molar-refractivity contribution in [2.24, 2.45) is 0 Å². The molecule has 4 heteroatoms. The first-order valence-corrected chi connectivity index (χ1v) is 8.32. The smallest absolute Gasteiger partial charge is 0.269 e. The predicted octanol–water partition coefficient (Wildman–Crippen LogP) is 4.70. The Hall–Kier alpha value is -2.98. The summed E-state index contributed by atoms with van der Waals surface area (Å²) in [4.78, 5) is 13.1. The van der Waals surface area contributed by atoms with Crippen molar-refractivity contribution in [3.05, 3.63) is 111 Å². The van der Waals surface area contributed by atoms with Gasteiger partial charge < -0.3 is 0 Å². The first-order chi connectivity index (χ1) is 12.2. The molecule has 0 aromatic heterocycles. The largest absolute Gasteiger partial charge is 0.284 e. The Balaban J connectivity index is 1.71. The van der Waals surface area contributed by atoms with E-state index in [0.717, 1.165) is 12.1 Å². The molecular weight excluding hydrogens is 312 g/mol. The second-order valence-corrected chi connectivity index (χ2v) is 6.34. The van der Waals surface area contributed by atoms with Gasteiger partial charge in [0.15, 0.2) is 0 Å². The molecule has 1 heterocycles. The highest BCUT2D eigenvalue weighted by atomic mass is 16.6. The standard InChI is InChI=1S/C21H18N2O2/c24-23(25)20-12-11-18-14-22(15-19(18)13-20)21(16-7-3-1-4-8-16)17-9-5-2-6-10-17/h1-13,21H,14-15H2. The summed E-state index contributed by atoms with van der Waals surface area (Å²) < 4.78 is 0. The fourth-order valence-electron chi connectivity index (χ4n) is 3.59. The van der Waals surface area contributed by atoms with Gasteiger partial charge in [0.05, 0.1) is 11.0 Å². The van der Waals surface area contributed by atoms with Crippen LogP contribution in [0.3, 0.4) is 0 Å². The predicted molar refractivity (Wildman–Crippen MR) is 97.1 cm³/mol. The van der Waals surface area contributed by atoms with E-state index in [1.807, 2.05) is 18.2 Å². The Morgan fingerprint density at radius 1 is 0.800 bits per heavy atom. The molecule has 0 bridgehead atoms. The van der Waals surface area contributed by atoms with Crippen LogP contribution in [0.1, 0.15) is 28.3 Å². The highest BCUT2D eigenvalue weighted by Gasteiger charge is 2.29. The van der Waals surface area contributed by atoms with Crippen LogP contribution in [0.5, 0.6) is 0 Å². The quantitative estimate of drug-likeness (QED) is 0.514. The van der Waals surface area contributed by atoms with Crippen molar-refractivity contribution >= 4 is 5.69 Å². The summed E-state index contributed by atoms with van der Waals surface area (Å²) in [5.41, 5.74) is 4.84. The first-order valence-electron chi connectivity index (χ1n) is 8.32. The third-order valence-electron chi connectivity index (χ3n) is 4.74. The minimum atomic E-state index is -0.325. The molecule has 0 unspecified atom stereocenters. The van der Waals surface area contributed by atoms with Gasteiger partial charge in [-0.1, -0.05) is 66.7 Å². The fraction of sp³-hybridized carbons (Fsp3) is 0.143. The van der Waals surface area contributed by atoms with Crippen LogP contribution in [0.25, 0.3) is 0 Å². The molecule has 0 saturated heterocycles. The lowest BCUT2D eigenvalue weighted by atomic mass is 9.97. The van der Waals surface area contributed by atoms with E-state index in [2.05, 4.69) is 53.4 Å². The number of hydrogen-bond acceptors (Lipinski definition) is 3.